The Balaban J connectivity index is 1.41. The number of hydrogen-bond donors (Lipinski definition) is 1. The van der Waals surface area contributed by atoms with Crippen LogP contribution in [0.3, 0.4) is 0 Å². The van der Waals surface area contributed by atoms with Crippen molar-refractivity contribution in [3.8, 4) is 16.9 Å². The molecule has 52 heavy (non-hydrogen) atoms. The minimum atomic E-state index is -1.00. The Labute approximate surface area is 313 Å². The van der Waals surface area contributed by atoms with Gasteiger partial charge < -0.3 is 23.9 Å². The van der Waals surface area contributed by atoms with E-state index in [9.17, 15) is 9.90 Å². The maximum Gasteiger partial charge on any atom is 0.352 e. The van der Waals surface area contributed by atoms with Crippen LogP contribution in [0.1, 0.15) is 79.6 Å². The van der Waals surface area contributed by atoms with E-state index in [1.807, 2.05) is 94.6 Å². The minimum absolute atomic E-state index is 0.140. The number of amides is 1. The van der Waals surface area contributed by atoms with Crippen LogP contribution in [-0.4, -0.2) is 49.0 Å². The molecule has 0 spiro atoms. The van der Waals surface area contributed by atoms with Crippen molar-refractivity contribution in [3.63, 3.8) is 0 Å². The Morgan fingerprint density at radius 1 is 0.962 bits per heavy atom. The predicted molar refractivity (Wildman–Crippen MR) is 209 cm³/mol. The normalized spacial score (nSPS) is 14.6. The summed E-state index contributed by atoms with van der Waals surface area (Å²) in [5, 5.41) is 18.0. The topological polar surface area (TPSA) is 94.5 Å². The second-order valence-corrected chi connectivity index (χ2v) is 15.1. The molecule has 0 saturated heterocycles. The number of aromatic nitrogens is 4. The zero-order chi connectivity index (χ0) is 37.5. The standard InChI is InChI=1S/C41H43Cl2N5O4/c1-20-15-30-24(5)36(41(50)51)45(8)37(30)32(16-20)47-19-23(4)48-38-29(12-13-31(42)34(38)33-25(6)44-46(9)26(33)7)28(39(48)40(47)49)11-10-14-52-27-17-21(2)35(43)22(3)18-27/h12-13,15-18,23H,10-11,14,19H2,1-9H3,(H,50,51). The number of carbonyl (C=O) groups excluding carboxylic acids is 1. The van der Waals surface area contributed by atoms with Gasteiger partial charge in [-0.15, -0.1) is 0 Å². The molecule has 1 amide bonds. The molecule has 0 saturated carbocycles. The molecule has 0 bridgehead atoms. The van der Waals surface area contributed by atoms with Gasteiger partial charge in [0.05, 0.1) is 34.0 Å². The minimum Gasteiger partial charge on any atom is -0.494 e. The third kappa shape index (κ3) is 5.48. The number of anilines is 1. The Kier molecular flexibility index (Phi) is 8.94. The number of benzene rings is 3. The number of aromatic carboxylic acids is 1. The Morgan fingerprint density at radius 2 is 1.65 bits per heavy atom. The lowest BCUT2D eigenvalue weighted by Gasteiger charge is -2.35. The number of ether oxygens (including phenoxy) is 1. The summed E-state index contributed by atoms with van der Waals surface area (Å²) < 4.78 is 12.0. The summed E-state index contributed by atoms with van der Waals surface area (Å²) >= 11 is 13.5. The molecule has 7 rings (SSSR count). The highest BCUT2D eigenvalue weighted by molar-refractivity contribution is 6.35. The number of carbonyl (C=O) groups is 2. The van der Waals surface area contributed by atoms with Crippen LogP contribution in [0.15, 0.2) is 36.4 Å². The van der Waals surface area contributed by atoms with Crippen molar-refractivity contribution in [3.05, 3.63) is 97.0 Å². The second kappa shape index (κ2) is 13.0. The van der Waals surface area contributed by atoms with Gasteiger partial charge in [0.2, 0.25) is 0 Å². The first kappa shape index (κ1) is 35.7. The monoisotopic (exact) mass is 739 g/mol. The van der Waals surface area contributed by atoms with E-state index >= 15 is 4.79 Å². The summed E-state index contributed by atoms with van der Waals surface area (Å²) in [7, 11) is 3.69. The Bertz CT molecular complexity index is 2460. The van der Waals surface area contributed by atoms with Crippen molar-refractivity contribution < 1.29 is 19.4 Å². The van der Waals surface area contributed by atoms with Gasteiger partial charge in [-0.1, -0.05) is 29.3 Å². The van der Waals surface area contributed by atoms with Gasteiger partial charge in [0.25, 0.3) is 5.91 Å². The summed E-state index contributed by atoms with van der Waals surface area (Å²) in [4.78, 5) is 29.4. The number of rotatable bonds is 8. The average Bonchev–Trinajstić information content (AvgIpc) is 3.64. The van der Waals surface area contributed by atoms with Gasteiger partial charge in [-0.2, -0.15) is 5.10 Å². The van der Waals surface area contributed by atoms with Crippen LogP contribution in [0, 0.1) is 41.5 Å². The zero-order valence-electron chi connectivity index (χ0n) is 31.0. The number of nitrogens with zero attached hydrogens (tertiary/aromatic N) is 5. The molecule has 3 aromatic heterocycles. The Morgan fingerprint density at radius 3 is 2.29 bits per heavy atom. The molecule has 9 nitrogen and oxygen atoms in total. The number of hydrogen-bond acceptors (Lipinski definition) is 4. The summed E-state index contributed by atoms with van der Waals surface area (Å²) in [6.07, 6.45) is 1.24. The molecule has 0 fully saturated rings. The fraction of sp³-hybridized carbons (Fsp3) is 0.341. The van der Waals surface area contributed by atoms with Crippen molar-refractivity contribution in [2.45, 2.75) is 67.3 Å². The van der Waals surface area contributed by atoms with Crippen LogP contribution in [-0.2, 0) is 20.5 Å². The third-order valence-corrected chi connectivity index (χ3v) is 11.6. The first-order valence-electron chi connectivity index (χ1n) is 17.5. The molecule has 11 heteroatoms. The van der Waals surface area contributed by atoms with Crippen LogP contribution in [0.2, 0.25) is 10.0 Å². The smallest absolute Gasteiger partial charge is 0.352 e. The lowest BCUT2D eigenvalue weighted by molar-refractivity contribution is 0.0686. The van der Waals surface area contributed by atoms with Crippen LogP contribution in [0.25, 0.3) is 32.9 Å². The molecular formula is C41H43Cl2N5O4. The predicted octanol–water partition coefficient (Wildman–Crippen LogP) is 9.62. The van der Waals surface area contributed by atoms with E-state index in [1.54, 1.807) is 11.6 Å². The van der Waals surface area contributed by atoms with Gasteiger partial charge in [0, 0.05) is 59.3 Å². The highest BCUT2D eigenvalue weighted by Gasteiger charge is 2.38. The van der Waals surface area contributed by atoms with Gasteiger partial charge in [-0.05, 0) is 119 Å². The van der Waals surface area contributed by atoms with Crippen LogP contribution in [0.4, 0.5) is 5.69 Å². The van der Waals surface area contributed by atoms with Gasteiger partial charge in [0.1, 0.15) is 17.1 Å². The largest absolute Gasteiger partial charge is 0.494 e. The molecule has 1 N–H and O–H groups in total. The van der Waals surface area contributed by atoms with E-state index in [1.165, 1.54) is 0 Å². The molecule has 4 heterocycles. The number of halogens is 2. The first-order valence-corrected chi connectivity index (χ1v) is 18.3. The summed E-state index contributed by atoms with van der Waals surface area (Å²) in [6, 6.07) is 11.7. The second-order valence-electron chi connectivity index (χ2n) is 14.3. The van der Waals surface area contributed by atoms with Crippen LogP contribution in [0.5, 0.6) is 5.75 Å². The summed E-state index contributed by atoms with van der Waals surface area (Å²) in [5.41, 5.74) is 11.3. The fourth-order valence-corrected chi connectivity index (χ4v) is 8.69. The number of aryl methyl sites for hydroxylation is 8. The van der Waals surface area contributed by atoms with Crippen LogP contribution >= 0.6 is 23.2 Å². The first-order chi connectivity index (χ1) is 24.6. The van der Waals surface area contributed by atoms with Gasteiger partial charge >= 0.3 is 5.97 Å². The van der Waals surface area contributed by atoms with Crippen molar-refractivity contribution >= 4 is 62.6 Å². The van der Waals surface area contributed by atoms with Crippen molar-refractivity contribution in [2.24, 2.45) is 14.1 Å². The van der Waals surface area contributed by atoms with E-state index in [2.05, 4.69) is 11.5 Å². The highest BCUT2D eigenvalue weighted by Crippen LogP contribution is 2.46. The average molecular weight is 741 g/mol. The maximum atomic E-state index is 15.2. The van der Waals surface area contributed by atoms with E-state index in [0.29, 0.717) is 48.0 Å². The molecule has 1 aliphatic rings. The molecule has 0 aliphatic carbocycles. The fourth-order valence-electron chi connectivity index (χ4n) is 8.34. The van der Waals surface area contributed by atoms with Crippen LogP contribution < -0.4 is 9.64 Å². The van der Waals surface area contributed by atoms with E-state index < -0.39 is 5.97 Å². The lowest BCUT2D eigenvalue weighted by Crippen LogP contribution is -2.43. The molecule has 0 radical (unpaired) electrons. The molecule has 3 aromatic carbocycles. The quantitative estimate of drug-likeness (QED) is 0.157. The molecule has 270 valence electrons. The maximum absolute atomic E-state index is 15.2. The van der Waals surface area contributed by atoms with E-state index in [4.69, 9.17) is 33.0 Å². The molecule has 1 unspecified atom stereocenters. The van der Waals surface area contributed by atoms with Crippen molar-refractivity contribution in [1.29, 1.82) is 0 Å². The number of carboxylic acids is 1. The molecular weight excluding hydrogens is 697 g/mol. The molecule has 6 aromatic rings. The molecule has 1 atom stereocenters. The summed E-state index contributed by atoms with van der Waals surface area (Å²) in [5.74, 6) is -0.381. The third-order valence-electron chi connectivity index (χ3n) is 10.7. The highest BCUT2D eigenvalue weighted by atomic mass is 35.5. The Hall–Kier alpha value is -4.73. The molecule has 1 aliphatic heterocycles. The zero-order valence-corrected chi connectivity index (χ0v) is 32.5. The van der Waals surface area contributed by atoms with Gasteiger partial charge in [-0.25, -0.2) is 4.79 Å². The summed E-state index contributed by atoms with van der Waals surface area (Å²) in [6.45, 7) is 14.7. The van der Waals surface area contributed by atoms with E-state index in [-0.39, 0.29) is 17.6 Å². The number of fused-ring (bicyclic) bond motifs is 4. The van der Waals surface area contributed by atoms with Gasteiger partial charge in [-0.3, -0.25) is 9.48 Å². The van der Waals surface area contributed by atoms with E-state index in [0.717, 1.165) is 77.3 Å². The lowest BCUT2D eigenvalue weighted by atomic mass is 9.98. The number of carboxylic acid groups (broad SMARTS) is 1. The SMILES string of the molecule is Cc1cc(N2CC(C)n3c(c(CCCOc4cc(C)c(Cl)c(C)c4)c4ccc(Cl)c(-c5c(C)nn(C)c5C)c43)C2=O)c2c(c1)c(C)c(C(=O)O)n2C. The van der Waals surface area contributed by atoms with Gasteiger partial charge in [0.15, 0.2) is 0 Å². The van der Waals surface area contributed by atoms with Crippen molar-refractivity contribution in [1.82, 2.24) is 18.9 Å². The van der Waals surface area contributed by atoms with Crippen molar-refractivity contribution in [2.75, 3.05) is 18.1 Å².